The number of rotatable bonds is 4. The van der Waals surface area contributed by atoms with Gasteiger partial charge in [-0.15, -0.1) is 0 Å². The molecule has 2 spiro atoms. The van der Waals surface area contributed by atoms with Crippen LogP contribution in [0.1, 0.15) is 86.5 Å². The minimum atomic E-state index is 0.136. The van der Waals surface area contributed by atoms with Gasteiger partial charge >= 0.3 is 0 Å². The zero-order valence-electron chi connectivity index (χ0n) is 34.2. The summed E-state index contributed by atoms with van der Waals surface area (Å²) in [6.45, 7) is 0. The lowest BCUT2D eigenvalue weighted by atomic mass is 9.43. The highest BCUT2D eigenvalue weighted by Gasteiger charge is 2.61. The lowest BCUT2D eigenvalue weighted by molar-refractivity contribution is -0.0399. The van der Waals surface area contributed by atoms with E-state index < -0.39 is 0 Å². The van der Waals surface area contributed by atoms with Gasteiger partial charge in [-0.2, -0.15) is 0 Å². The number of hydrogen-bond donors (Lipinski definition) is 0. The van der Waals surface area contributed by atoms with Crippen LogP contribution in [0.3, 0.4) is 0 Å². The minimum absolute atomic E-state index is 0.136. The Morgan fingerprint density at radius 1 is 0.433 bits per heavy atom. The lowest BCUT2D eigenvalue weighted by Crippen LogP contribution is -2.55. The van der Waals surface area contributed by atoms with Crippen molar-refractivity contribution in [3.63, 3.8) is 0 Å². The van der Waals surface area contributed by atoms with Crippen molar-refractivity contribution < 1.29 is 4.42 Å². The summed E-state index contributed by atoms with van der Waals surface area (Å²) in [5.74, 6) is 3.38. The predicted molar refractivity (Wildman–Crippen MR) is 246 cm³/mol. The molecule has 7 aliphatic rings. The van der Waals surface area contributed by atoms with Gasteiger partial charge in [0.25, 0.3) is 0 Å². The molecule has 60 heavy (non-hydrogen) atoms. The van der Waals surface area contributed by atoms with Gasteiger partial charge in [0, 0.05) is 44.2 Å². The molecule has 7 aliphatic carbocycles. The van der Waals surface area contributed by atoms with E-state index in [4.69, 9.17) is 4.42 Å². The number of benzene rings is 7. The van der Waals surface area contributed by atoms with Crippen LogP contribution >= 0.6 is 0 Å². The van der Waals surface area contributed by atoms with Crippen molar-refractivity contribution in [1.29, 1.82) is 0 Å². The second kappa shape index (κ2) is 12.4. The number of anilines is 3. The van der Waals surface area contributed by atoms with Gasteiger partial charge in [0.15, 0.2) is 0 Å². The Labute approximate surface area is 352 Å². The Balaban J connectivity index is 0.944. The van der Waals surface area contributed by atoms with Crippen LogP contribution in [0.5, 0.6) is 0 Å². The summed E-state index contributed by atoms with van der Waals surface area (Å²) in [4.78, 5) is 2.55. The van der Waals surface area contributed by atoms with Crippen molar-refractivity contribution in [2.45, 2.75) is 75.0 Å². The maximum absolute atomic E-state index is 6.52. The van der Waals surface area contributed by atoms with Crippen LogP contribution < -0.4 is 4.90 Å². The molecule has 0 N–H and O–H groups in total. The summed E-state index contributed by atoms with van der Waals surface area (Å²) < 4.78 is 6.52. The van der Waals surface area contributed by atoms with Crippen molar-refractivity contribution in [3.8, 4) is 33.4 Å². The molecule has 7 aromatic carbocycles. The first-order chi connectivity index (χ1) is 29.7. The number of para-hydroxylation sites is 2. The van der Waals surface area contributed by atoms with Gasteiger partial charge < -0.3 is 9.32 Å². The van der Waals surface area contributed by atoms with Crippen LogP contribution in [-0.2, 0) is 10.8 Å². The van der Waals surface area contributed by atoms with E-state index in [-0.39, 0.29) is 10.8 Å². The van der Waals surface area contributed by atoms with Crippen molar-refractivity contribution in [2.24, 2.45) is 23.7 Å². The second-order valence-corrected chi connectivity index (χ2v) is 19.5. The molecule has 1 aromatic heterocycles. The normalized spacial score (nSPS) is 24.9. The highest BCUT2D eigenvalue weighted by Crippen LogP contribution is 2.69. The first-order valence-electron chi connectivity index (χ1n) is 23.0. The van der Waals surface area contributed by atoms with E-state index in [1.54, 1.807) is 16.7 Å². The summed E-state index contributed by atoms with van der Waals surface area (Å²) >= 11 is 0. The molecule has 4 bridgehead atoms. The fourth-order valence-corrected chi connectivity index (χ4v) is 14.8. The first kappa shape index (κ1) is 33.9. The average Bonchev–Trinajstić information content (AvgIpc) is 3.91. The topological polar surface area (TPSA) is 16.4 Å². The third kappa shape index (κ3) is 4.45. The maximum Gasteiger partial charge on any atom is 0.143 e. The third-order valence-corrected chi connectivity index (χ3v) is 16.9. The molecule has 0 saturated heterocycles. The van der Waals surface area contributed by atoms with Crippen LogP contribution in [0, 0.1) is 23.7 Å². The number of hydrogen-bond acceptors (Lipinski definition) is 2. The molecule has 2 heteroatoms. The van der Waals surface area contributed by atoms with Crippen molar-refractivity contribution in [1.82, 2.24) is 0 Å². The zero-order valence-corrected chi connectivity index (χ0v) is 34.2. The minimum Gasteiger partial charge on any atom is -0.455 e. The Bertz CT molecular complexity index is 3020. The van der Waals surface area contributed by atoms with Crippen LogP contribution in [0.2, 0.25) is 0 Å². The standard InChI is InChI=1S/C58H49NO/c1-8-27-57(28-9-1)51-16-5-2-11-45(51)49-34-42(23-25-52(49)57)59(41-21-19-38(20-22-41)44-14-10-15-48-47-13-4-7-18-55(47)60-56(44)48)43-24-26-54-50(35-43)46-12-3-6-17-53(46)58(54)39-30-36-29-37(32-39)33-40(58)31-36/h2-7,10-26,34-37,39-40H,1,8-9,27-33H2. The fraction of sp³-hybridized carbons (Fsp3) is 0.276. The Morgan fingerprint density at radius 2 is 0.983 bits per heavy atom. The fourth-order valence-electron chi connectivity index (χ4n) is 14.8. The van der Waals surface area contributed by atoms with Crippen LogP contribution in [0.4, 0.5) is 17.1 Å². The monoisotopic (exact) mass is 775 g/mol. The van der Waals surface area contributed by atoms with Gasteiger partial charge in [0.1, 0.15) is 11.2 Å². The molecule has 1 heterocycles. The Kier molecular flexibility index (Phi) is 6.98. The third-order valence-electron chi connectivity index (χ3n) is 16.9. The lowest BCUT2D eigenvalue weighted by Gasteiger charge is -2.61. The maximum atomic E-state index is 6.52. The zero-order chi connectivity index (χ0) is 39.2. The van der Waals surface area contributed by atoms with E-state index >= 15 is 0 Å². The summed E-state index contributed by atoms with van der Waals surface area (Å²) in [6, 6.07) is 58.2. The molecule has 0 radical (unpaired) electrons. The molecule has 5 saturated carbocycles. The largest absolute Gasteiger partial charge is 0.455 e. The smallest absolute Gasteiger partial charge is 0.143 e. The molecule has 5 fully saturated rings. The summed E-state index contributed by atoms with van der Waals surface area (Å²) in [5.41, 5.74) is 20.2. The average molecular weight is 776 g/mol. The molecule has 0 unspecified atom stereocenters. The molecule has 0 amide bonds. The molecular formula is C58H49NO. The molecule has 15 rings (SSSR count). The Morgan fingerprint density at radius 3 is 1.73 bits per heavy atom. The summed E-state index contributed by atoms with van der Waals surface area (Å²) in [6.07, 6.45) is 13.5. The first-order valence-corrected chi connectivity index (χ1v) is 23.0. The summed E-state index contributed by atoms with van der Waals surface area (Å²) in [5, 5.41) is 2.33. The van der Waals surface area contributed by atoms with Crippen LogP contribution in [0.15, 0.2) is 156 Å². The van der Waals surface area contributed by atoms with Gasteiger partial charge in [-0.05, 0) is 161 Å². The van der Waals surface area contributed by atoms with Gasteiger partial charge in [-0.1, -0.05) is 128 Å². The molecular weight excluding hydrogens is 727 g/mol. The second-order valence-electron chi connectivity index (χ2n) is 19.5. The predicted octanol–water partition coefficient (Wildman–Crippen LogP) is 15.7. The van der Waals surface area contributed by atoms with Crippen LogP contribution in [-0.4, -0.2) is 0 Å². The highest BCUT2D eigenvalue weighted by molar-refractivity contribution is 6.09. The van der Waals surface area contributed by atoms with E-state index in [0.717, 1.165) is 46.0 Å². The van der Waals surface area contributed by atoms with Crippen molar-refractivity contribution in [3.05, 3.63) is 174 Å². The highest BCUT2D eigenvalue weighted by atomic mass is 16.3. The number of nitrogens with zero attached hydrogens (tertiary/aromatic N) is 1. The van der Waals surface area contributed by atoms with E-state index in [1.807, 2.05) is 0 Å². The quantitative estimate of drug-likeness (QED) is 0.177. The van der Waals surface area contributed by atoms with Gasteiger partial charge in [0.2, 0.25) is 0 Å². The van der Waals surface area contributed by atoms with E-state index in [2.05, 4.69) is 157 Å². The van der Waals surface area contributed by atoms with Crippen LogP contribution in [0.25, 0.3) is 55.3 Å². The molecule has 292 valence electrons. The SMILES string of the molecule is c1ccc2c(c1)-c1cc(N(c3ccc(-c4cccc5c4oc4ccccc45)cc3)c3ccc4c(c3)-c3ccccc3C43C4CC5CC(C4)CC3C5)ccc1C21CCCCC1. The molecule has 0 atom stereocenters. The Hall–Kier alpha value is -5.86. The summed E-state index contributed by atoms with van der Waals surface area (Å²) in [7, 11) is 0. The van der Waals surface area contributed by atoms with E-state index in [0.29, 0.717) is 0 Å². The van der Waals surface area contributed by atoms with Gasteiger partial charge in [-0.25, -0.2) is 0 Å². The van der Waals surface area contributed by atoms with Gasteiger partial charge in [0.05, 0.1) is 0 Å². The molecule has 8 aromatic rings. The van der Waals surface area contributed by atoms with E-state index in [1.165, 1.54) is 120 Å². The van der Waals surface area contributed by atoms with E-state index in [9.17, 15) is 0 Å². The number of furan rings is 1. The van der Waals surface area contributed by atoms with Crippen molar-refractivity contribution >= 4 is 39.0 Å². The van der Waals surface area contributed by atoms with Gasteiger partial charge in [-0.3, -0.25) is 0 Å². The van der Waals surface area contributed by atoms with Crippen molar-refractivity contribution in [2.75, 3.05) is 4.90 Å². The molecule has 0 aliphatic heterocycles. The number of fused-ring (bicyclic) bond motifs is 11. The molecule has 2 nitrogen and oxygen atoms in total.